The van der Waals surface area contributed by atoms with Crippen molar-refractivity contribution in [3.05, 3.63) is 42.0 Å². The molecule has 106 valence electrons. The number of imidazole rings is 1. The number of aromatic amines is 1. The van der Waals surface area contributed by atoms with Crippen molar-refractivity contribution < 1.29 is 9.90 Å². The van der Waals surface area contributed by atoms with E-state index >= 15 is 0 Å². The van der Waals surface area contributed by atoms with Crippen molar-refractivity contribution >= 4 is 5.97 Å². The maximum Gasteiger partial charge on any atom is 0.321 e. The third-order valence-electron chi connectivity index (χ3n) is 2.90. The third-order valence-corrected chi connectivity index (χ3v) is 2.90. The Bertz CT molecular complexity index is 538. The Hall–Kier alpha value is -2.28. The van der Waals surface area contributed by atoms with Gasteiger partial charge in [0.15, 0.2) is 0 Å². The Morgan fingerprint density at radius 1 is 1.40 bits per heavy atom. The molecule has 1 atom stereocenters. The summed E-state index contributed by atoms with van der Waals surface area (Å²) in [5.74, 6) is -0.119. The van der Waals surface area contributed by atoms with E-state index in [1.54, 1.807) is 18.6 Å². The highest BCUT2D eigenvalue weighted by molar-refractivity contribution is 5.73. The van der Waals surface area contributed by atoms with Crippen LogP contribution in [0.3, 0.4) is 0 Å². The molecular weight excluding hydrogens is 258 g/mol. The number of aryl methyl sites for hydroxylation is 1. The lowest BCUT2D eigenvalue weighted by Crippen LogP contribution is -2.38. The molecule has 0 spiro atoms. The molecular formula is C13H17N5O2. The van der Waals surface area contributed by atoms with Crippen molar-refractivity contribution in [2.75, 3.05) is 0 Å². The van der Waals surface area contributed by atoms with Gasteiger partial charge in [-0.15, -0.1) is 0 Å². The molecule has 0 unspecified atom stereocenters. The number of hydrogen-bond donors (Lipinski definition) is 3. The summed E-state index contributed by atoms with van der Waals surface area (Å²) < 4.78 is 0. The summed E-state index contributed by atoms with van der Waals surface area (Å²) in [4.78, 5) is 26.4. The first kappa shape index (κ1) is 14.1. The zero-order chi connectivity index (χ0) is 14.4. The summed E-state index contributed by atoms with van der Waals surface area (Å²) in [7, 11) is 0. The smallest absolute Gasteiger partial charge is 0.321 e. The van der Waals surface area contributed by atoms with Gasteiger partial charge >= 0.3 is 5.97 Å². The van der Waals surface area contributed by atoms with E-state index in [9.17, 15) is 9.90 Å². The lowest BCUT2D eigenvalue weighted by Gasteiger charge is -2.13. The second-order valence-electron chi connectivity index (χ2n) is 4.41. The van der Waals surface area contributed by atoms with Crippen molar-refractivity contribution in [1.29, 1.82) is 0 Å². The fourth-order valence-corrected chi connectivity index (χ4v) is 1.76. The molecule has 0 bridgehead atoms. The standard InChI is InChI=1S/C13H17N5O2/c1-2-12-16-5-9(6-17-12)4-15-11(13(19)20)3-10-7-14-8-18-10/h5-8,11,15H,2-4H2,1H3,(H,14,18)(H,19,20)/t11-/m1/s1. The number of carbonyl (C=O) groups is 1. The predicted octanol–water partition coefficient (Wildman–Crippen LogP) is 0.548. The normalized spacial score (nSPS) is 12.2. The maximum atomic E-state index is 11.2. The number of H-pyrrole nitrogens is 1. The van der Waals surface area contributed by atoms with E-state index in [1.165, 1.54) is 6.33 Å². The molecule has 0 aliphatic heterocycles. The van der Waals surface area contributed by atoms with Crippen LogP contribution in [-0.2, 0) is 24.2 Å². The van der Waals surface area contributed by atoms with Crippen LogP contribution in [0.4, 0.5) is 0 Å². The molecule has 2 aromatic rings. The highest BCUT2D eigenvalue weighted by Gasteiger charge is 2.18. The Balaban J connectivity index is 1.92. The van der Waals surface area contributed by atoms with E-state index in [0.29, 0.717) is 13.0 Å². The number of hydrogen-bond acceptors (Lipinski definition) is 5. The first-order valence-corrected chi connectivity index (χ1v) is 6.42. The van der Waals surface area contributed by atoms with Gasteiger partial charge in [0.05, 0.1) is 6.33 Å². The van der Waals surface area contributed by atoms with Crippen molar-refractivity contribution in [2.24, 2.45) is 0 Å². The molecule has 0 amide bonds. The maximum absolute atomic E-state index is 11.2. The number of carboxylic acid groups (broad SMARTS) is 1. The Morgan fingerprint density at radius 2 is 2.15 bits per heavy atom. The lowest BCUT2D eigenvalue weighted by atomic mass is 10.1. The summed E-state index contributed by atoms with van der Waals surface area (Å²) in [5.41, 5.74) is 1.64. The number of rotatable bonds is 7. The summed E-state index contributed by atoms with van der Waals surface area (Å²) in [5, 5.41) is 12.2. The molecule has 0 saturated carbocycles. The Kier molecular flexibility index (Phi) is 4.78. The lowest BCUT2D eigenvalue weighted by molar-refractivity contribution is -0.139. The largest absolute Gasteiger partial charge is 0.480 e. The van der Waals surface area contributed by atoms with E-state index in [1.807, 2.05) is 6.92 Å². The highest BCUT2D eigenvalue weighted by Crippen LogP contribution is 2.02. The van der Waals surface area contributed by atoms with Gasteiger partial charge in [-0.1, -0.05) is 6.92 Å². The molecule has 0 aliphatic rings. The minimum atomic E-state index is -0.898. The molecule has 0 aromatic carbocycles. The van der Waals surface area contributed by atoms with E-state index in [-0.39, 0.29) is 0 Å². The number of carboxylic acids is 1. The van der Waals surface area contributed by atoms with Gasteiger partial charge in [-0.05, 0) is 0 Å². The first-order valence-electron chi connectivity index (χ1n) is 6.42. The second-order valence-corrected chi connectivity index (χ2v) is 4.41. The SMILES string of the molecule is CCc1ncc(CN[C@H](Cc2cnc[nH]2)C(=O)O)cn1. The average Bonchev–Trinajstić information content (AvgIpc) is 2.96. The predicted molar refractivity (Wildman–Crippen MR) is 72.0 cm³/mol. The van der Waals surface area contributed by atoms with E-state index < -0.39 is 12.0 Å². The fraction of sp³-hybridized carbons (Fsp3) is 0.385. The number of nitrogens with one attached hydrogen (secondary N) is 2. The van der Waals surface area contributed by atoms with Gasteiger partial charge in [-0.3, -0.25) is 10.1 Å². The second kappa shape index (κ2) is 6.76. The van der Waals surface area contributed by atoms with Gasteiger partial charge in [0.2, 0.25) is 0 Å². The molecule has 0 radical (unpaired) electrons. The monoisotopic (exact) mass is 275 g/mol. The molecule has 0 saturated heterocycles. The average molecular weight is 275 g/mol. The van der Waals surface area contributed by atoms with Gasteiger partial charge in [-0.2, -0.15) is 0 Å². The van der Waals surface area contributed by atoms with Gasteiger partial charge in [-0.25, -0.2) is 15.0 Å². The summed E-state index contributed by atoms with van der Waals surface area (Å²) in [6.07, 6.45) is 7.72. The van der Waals surface area contributed by atoms with Crippen LogP contribution < -0.4 is 5.32 Å². The van der Waals surface area contributed by atoms with Crippen LogP contribution in [-0.4, -0.2) is 37.1 Å². The minimum absolute atomic E-state index is 0.350. The highest BCUT2D eigenvalue weighted by atomic mass is 16.4. The summed E-state index contributed by atoms with van der Waals surface area (Å²) in [6.45, 7) is 2.40. The quantitative estimate of drug-likeness (QED) is 0.681. The van der Waals surface area contributed by atoms with Crippen LogP contribution in [0.1, 0.15) is 24.0 Å². The third kappa shape index (κ3) is 3.86. The molecule has 0 fully saturated rings. The van der Waals surface area contributed by atoms with Crippen molar-refractivity contribution in [3.63, 3.8) is 0 Å². The van der Waals surface area contributed by atoms with Crippen LogP contribution >= 0.6 is 0 Å². The van der Waals surface area contributed by atoms with Gasteiger partial charge < -0.3 is 10.1 Å². The molecule has 3 N–H and O–H groups in total. The number of aliphatic carboxylic acids is 1. The Morgan fingerprint density at radius 3 is 2.70 bits per heavy atom. The van der Waals surface area contributed by atoms with Crippen molar-refractivity contribution in [2.45, 2.75) is 32.4 Å². The molecule has 7 nitrogen and oxygen atoms in total. The molecule has 7 heteroatoms. The first-order chi connectivity index (χ1) is 9.69. The topological polar surface area (TPSA) is 104 Å². The van der Waals surface area contributed by atoms with Gasteiger partial charge in [0, 0.05) is 49.2 Å². The Labute approximate surface area is 116 Å². The van der Waals surface area contributed by atoms with E-state index in [2.05, 4.69) is 25.3 Å². The number of aromatic nitrogens is 4. The molecule has 2 heterocycles. The molecule has 2 aromatic heterocycles. The van der Waals surface area contributed by atoms with Crippen LogP contribution in [0, 0.1) is 0 Å². The number of nitrogens with zero attached hydrogens (tertiary/aromatic N) is 3. The fourth-order valence-electron chi connectivity index (χ4n) is 1.76. The van der Waals surface area contributed by atoms with Gasteiger partial charge in [0.25, 0.3) is 0 Å². The molecule has 20 heavy (non-hydrogen) atoms. The van der Waals surface area contributed by atoms with Crippen LogP contribution in [0.15, 0.2) is 24.9 Å². The van der Waals surface area contributed by atoms with Crippen molar-refractivity contribution in [3.8, 4) is 0 Å². The minimum Gasteiger partial charge on any atom is -0.480 e. The van der Waals surface area contributed by atoms with Crippen LogP contribution in [0.2, 0.25) is 0 Å². The zero-order valence-corrected chi connectivity index (χ0v) is 11.2. The molecule has 0 aliphatic carbocycles. The zero-order valence-electron chi connectivity index (χ0n) is 11.2. The van der Waals surface area contributed by atoms with E-state index in [4.69, 9.17) is 0 Å². The van der Waals surface area contributed by atoms with Crippen LogP contribution in [0.5, 0.6) is 0 Å². The van der Waals surface area contributed by atoms with Crippen LogP contribution in [0.25, 0.3) is 0 Å². The van der Waals surface area contributed by atoms with Crippen molar-refractivity contribution in [1.82, 2.24) is 25.3 Å². The summed E-state index contributed by atoms with van der Waals surface area (Å²) in [6, 6.07) is -0.679. The van der Waals surface area contributed by atoms with Gasteiger partial charge in [0.1, 0.15) is 11.9 Å². The van der Waals surface area contributed by atoms with E-state index in [0.717, 1.165) is 23.5 Å². The molecule has 2 rings (SSSR count). The summed E-state index contributed by atoms with van der Waals surface area (Å²) >= 11 is 0.